The molecule has 0 bridgehead atoms. The van der Waals surface area contributed by atoms with Gasteiger partial charge in [0.05, 0.1) is 23.8 Å². The molecule has 0 spiro atoms. The maximum Gasteiger partial charge on any atom is 0.191 e. The van der Waals surface area contributed by atoms with E-state index < -0.39 is 9.84 Å². The van der Waals surface area contributed by atoms with Crippen LogP contribution in [0.25, 0.3) is 0 Å². The van der Waals surface area contributed by atoms with Crippen LogP contribution < -0.4 is 10.6 Å². The van der Waals surface area contributed by atoms with Crippen molar-refractivity contribution in [1.29, 1.82) is 0 Å². The minimum atomic E-state index is -3.30. The molecule has 0 aliphatic heterocycles. The quantitative estimate of drug-likeness (QED) is 0.238. The van der Waals surface area contributed by atoms with Crippen molar-refractivity contribution in [3.8, 4) is 0 Å². The molecule has 6 nitrogen and oxygen atoms in total. The maximum atomic E-state index is 12.2. The van der Waals surface area contributed by atoms with E-state index in [2.05, 4.69) is 31.6 Å². The topological polar surface area (TPSA) is 79.8 Å². The van der Waals surface area contributed by atoms with Crippen LogP contribution >= 0.6 is 39.9 Å². The van der Waals surface area contributed by atoms with Gasteiger partial charge in [0.2, 0.25) is 0 Å². The molecule has 1 rings (SSSR count). The first-order valence-corrected chi connectivity index (χ1v) is 9.43. The van der Waals surface area contributed by atoms with E-state index in [4.69, 9.17) is 4.74 Å². The second kappa shape index (κ2) is 12.0. The van der Waals surface area contributed by atoms with Crippen molar-refractivity contribution in [3.63, 3.8) is 0 Å². The smallest absolute Gasteiger partial charge is 0.191 e. The van der Waals surface area contributed by atoms with Crippen LogP contribution in [0.5, 0.6) is 0 Å². The summed E-state index contributed by atoms with van der Waals surface area (Å²) in [5.74, 6) is 0.592. The molecular weight excluding hydrogens is 497 g/mol. The first-order valence-electron chi connectivity index (χ1n) is 6.99. The van der Waals surface area contributed by atoms with E-state index in [0.29, 0.717) is 30.6 Å². The first-order chi connectivity index (χ1) is 10.5. The van der Waals surface area contributed by atoms with Crippen molar-refractivity contribution < 1.29 is 13.2 Å². The molecule has 2 N–H and O–H groups in total. The third-order valence-electron chi connectivity index (χ3n) is 2.75. The number of guanidine groups is 1. The lowest BCUT2D eigenvalue weighted by atomic mass is 10.4. The molecule has 1 aromatic carbocycles. The Morgan fingerprint density at radius 1 is 1.26 bits per heavy atom. The van der Waals surface area contributed by atoms with Crippen molar-refractivity contribution in [1.82, 2.24) is 10.6 Å². The number of nitrogens with zero attached hydrogens (tertiary/aromatic N) is 1. The SMILES string of the molecule is CCNC(=NCCOC)NCCS(=O)(=O)c1ccc(Br)cc1.I. The van der Waals surface area contributed by atoms with E-state index >= 15 is 0 Å². The summed E-state index contributed by atoms with van der Waals surface area (Å²) in [6.45, 7) is 3.99. The van der Waals surface area contributed by atoms with Gasteiger partial charge in [0, 0.05) is 24.7 Å². The summed E-state index contributed by atoms with van der Waals surface area (Å²) in [5, 5.41) is 6.07. The van der Waals surface area contributed by atoms with E-state index in [-0.39, 0.29) is 36.3 Å². The molecule has 0 unspecified atom stereocenters. The number of aliphatic imine (C=N–C) groups is 1. The van der Waals surface area contributed by atoms with Crippen LogP contribution in [0.15, 0.2) is 38.6 Å². The monoisotopic (exact) mass is 519 g/mol. The van der Waals surface area contributed by atoms with Gasteiger partial charge in [0.25, 0.3) is 0 Å². The molecule has 0 radical (unpaired) electrons. The highest BCUT2D eigenvalue weighted by Gasteiger charge is 2.14. The van der Waals surface area contributed by atoms with Crippen LogP contribution in [0.3, 0.4) is 0 Å². The lowest BCUT2D eigenvalue weighted by Crippen LogP contribution is -2.39. The molecular formula is C14H23BrIN3O3S. The van der Waals surface area contributed by atoms with Gasteiger partial charge < -0.3 is 15.4 Å². The molecule has 132 valence electrons. The van der Waals surface area contributed by atoms with Gasteiger partial charge >= 0.3 is 0 Å². The predicted molar refractivity (Wildman–Crippen MR) is 107 cm³/mol. The van der Waals surface area contributed by atoms with Gasteiger partial charge in [-0.15, -0.1) is 24.0 Å². The molecule has 0 aliphatic carbocycles. The minimum Gasteiger partial charge on any atom is -0.383 e. The van der Waals surface area contributed by atoms with Crippen molar-refractivity contribution >= 4 is 55.7 Å². The van der Waals surface area contributed by atoms with Crippen LogP contribution in [0, 0.1) is 0 Å². The zero-order valence-corrected chi connectivity index (χ0v) is 17.9. The summed E-state index contributed by atoms with van der Waals surface area (Å²) in [6.07, 6.45) is 0. The molecule has 0 atom stereocenters. The molecule has 1 aromatic rings. The molecule has 0 aromatic heterocycles. The van der Waals surface area contributed by atoms with Gasteiger partial charge in [0.1, 0.15) is 0 Å². The highest BCUT2D eigenvalue weighted by atomic mass is 127. The van der Waals surface area contributed by atoms with Crippen LogP contribution in [-0.4, -0.2) is 53.5 Å². The lowest BCUT2D eigenvalue weighted by Gasteiger charge is -2.11. The summed E-state index contributed by atoms with van der Waals surface area (Å²) in [6, 6.07) is 6.63. The van der Waals surface area contributed by atoms with Crippen LogP contribution in [0.4, 0.5) is 0 Å². The molecule has 0 saturated heterocycles. The average molecular weight is 520 g/mol. The van der Waals surface area contributed by atoms with Crippen molar-refractivity contribution in [3.05, 3.63) is 28.7 Å². The molecule has 0 amide bonds. The second-order valence-corrected chi connectivity index (χ2v) is 7.48. The average Bonchev–Trinajstić information content (AvgIpc) is 2.48. The number of ether oxygens (including phenoxy) is 1. The maximum absolute atomic E-state index is 12.2. The van der Waals surface area contributed by atoms with Gasteiger partial charge in [-0.2, -0.15) is 0 Å². The molecule has 0 aliphatic rings. The number of hydrogen-bond donors (Lipinski definition) is 2. The van der Waals surface area contributed by atoms with Crippen LogP contribution in [0.2, 0.25) is 0 Å². The Balaban J connectivity index is 0.00000484. The van der Waals surface area contributed by atoms with Crippen LogP contribution in [-0.2, 0) is 14.6 Å². The molecule has 0 saturated carbocycles. The largest absolute Gasteiger partial charge is 0.383 e. The predicted octanol–water partition coefficient (Wildman–Crippen LogP) is 2.04. The van der Waals surface area contributed by atoms with Gasteiger partial charge in [-0.25, -0.2) is 8.42 Å². The Hall–Kier alpha value is -0.390. The normalized spacial score (nSPS) is 11.7. The number of hydrogen-bond acceptors (Lipinski definition) is 4. The summed E-state index contributed by atoms with van der Waals surface area (Å²) in [4.78, 5) is 4.59. The van der Waals surface area contributed by atoms with Crippen molar-refractivity contribution in [2.45, 2.75) is 11.8 Å². The summed E-state index contributed by atoms with van der Waals surface area (Å²) in [5.41, 5.74) is 0. The Kier molecular flexibility index (Phi) is 11.8. The number of benzene rings is 1. The molecule has 0 heterocycles. The van der Waals surface area contributed by atoms with E-state index in [1.165, 1.54) is 0 Å². The number of rotatable bonds is 8. The Morgan fingerprint density at radius 2 is 1.91 bits per heavy atom. The summed E-state index contributed by atoms with van der Waals surface area (Å²) < 4.78 is 30.2. The van der Waals surface area contributed by atoms with E-state index in [1.807, 2.05) is 6.92 Å². The van der Waals surface area contributed by atoms with Crippen molar-refractivity contribution in [2.75, 3.05) is 39.1 Å². The van der Waals surface area contributed by atoms with Crippen LogP contribution in [0.1, 0.15) is 6.92 Å². The van der Waals surface area contributed by atoms with Gasteiger partial charge in [-0.3, -0.25) is 4.99 Å². The Labute approximate surface area is 163 Å². The fourth-order valence-electron chi connectivity index (χ4n) is 1.65. The zero-order chi connectivity index (χ0) is 16.4. The van der Waals surface area contributed by atoms with Gasteiger partial charge in [-0.1, -0.05) is 15.9 Å². The van der Waals surface area contributed by atoms with E-state index in [0.717, 1.165) is 4.47 Å². The third-order valence-corrected chi connectivity index (χ3v) is 5.01. The zero-order valence-electron chi connectivity index (χ0n) is 13.2. The summed E-state index contributed by atoms with van der Waals surface area (Å²) >= 11 is 3.29. The van der Waals surface area contributed by atoms with Gasteiger partial charge in [-0.05, 0) is 31.2 Å². The number of halogens is 2. The summed E-state index contributed by atoms with van der Waals surface area (Å²) in [7, 11) is -1.69. The molecule has 0 fully saturated rings. The standard InChI is InChI=1S/C14H22BrN3O3S.HI/c1-3-16-14(17-8-10-21-2)18-9-11-22(19,20)13-6-4-12(15)5-7-13;/h4-7H,3,8-11H2,1-2H3,(H2,16,17,18);1H. The Bertz CT molecular complexity index is 579. The third kappa shape index (κ3) is 8.87. The number of nitrogens with one attached hydrogen (secondary N) is 2. The lowest BCUT2D eigenvalue weighted by molar-refractivity contribution is 0.208. The second-order valence-electron chi connectivity index (χ2n) is 4.45. The molecule has 23 heavy (non-hydrogen) atoms. The minimum absolute atomic E-state index is 0. The highest BCUT2D eigenvalue weighted by molar-refractivity contribution is 14.0. The van der Waals surface area contributed by atoms with E-state index in [1.54, 1.807) is 31.4 Å². The highest BCUT2D eigenvalue weighted by Crippen LogP contribution is 2.15. The Morgan fingerprint density at radius 3 is 2.48 bits per heavy atom. The van der Waals surface area contributed by atoms with E-state index in [9.17, 15) is 8.42 Å². The number of methoxy groups -OCH3 is 1. The fraction of sp³-hybridized carbons (Fsp3) is 0.500. The molecule has 9 heteroatoms. The fourth-order valence-corrected chi connectivity index (χ4v) is 3.08. The first kappa shape index (κ1) is 22.6. The van der Waals surface area contributed by atoms with Crippen molar-refractivity contribution in [2.24, 2.45) is 4.99 Å². The van der Waals surface area contributed by atoms with Gasteiger partial charge in [0.15, 0.2) is 15.8 Å². The number of sulfone groups is 1.